The monoisotopic (exact) mass is 438 g/mol. The SMILES string of the molecule is O=C1C(=O)N2CCN(C(=O)c3ccccc3)C[C@H]2c2[nH]c3c(-c4cnccn4)nccc3c21. The number of amides is 2. The van der Waals surface area contributed by atoms with Crippen molar-refractivity contribution >= 4 is 28.5 Å². The number of rotatable bonds is 2. The fraction of sp³-hybridized carbons (Fsp3) is 0.167. The number of H-pyrrole nitrogens is 1. The second-order valence-electron chi connectivity index (χ2n) is 8.05. The van der Waals surface area contributed by atoms with Crippen LogP contribution in [0.4, 0.5) is 0 Å². The molecule has 1 saturated heterocycles. The molecule has 2 amide bonds. The van der Waals surface area contributed by atoms with Crippen molar-refractivity contribution < 1.29 is 14.4 Å². The van der Waals surface area contributed by atoms with Crippen LogP contribution in [0.15, 0.2) is 61.2 Å². The normalized spacial score (nSPS) is 17.8. The molecule has 0 bridgehead atoms. The Kier molecular flexibility index (Phi) is 4.29. The maximum Gasteiger partial charge on any atom is 0.295 e. The van der Waals surface area contributed by atoms with Gasteiger partial charge in [0.15, 0.2) is 0 Å². The Morgan fingerprint density at radius 3 is 2.64 bits per heavy atom. The fourth-order valence-corrected chi connectivity index (χ4v) is 4.71. The fourth-order valence-electron chi connectivity index (χ4n) is 4.71. The Hall–Kier alpha value is -4.40. The first kappa shape index (κ1) is 19.3. The van der Waals surface area contributed by atoms with Crippen LogP contribution in [0, 0.1) is 0 Å². The average Bonchev–Trinajstić information content (AvgIpc) is 3.28. The van der Waals surface area contributed by atoms with E-state index in [-0.39, 0.29) is 12.5 Å². The maximum absolute atomic E-state index is 13.1. The van der Waals surface area contributed by atoms with E-state index in [0.717, 1.165) is 0 Å². The quantitative estimate of drug-likeness (QED) is 0.481. The Bertz CT molecular complexity index is 1420. The van der Waals surface area contributed by atoms with E-state index >= 15 is 0 Å². The predicted molar refractivity (Wildman–Crippen MR) is 118 cm³/mol. The van der Waals surface area contributed by atoms with Crippen molar-refractivity contribution in [3.63, 3.8) is 0 Å². The van der Waals surface area contributed by atoms with Crippen LogP contribution in [-0.2, 0) is 4.79 Å². The number of carbonyl (C=O) groups excluding carboxylic acids is 3. The number of hydrogen-bond donors (Lipinski definition) is 1. The van der Waals surface area contributed by atoms with E-state index in [1.807, 2.05) is 18.2 Å². The molecule has 0 unspecified atom stereocenters. The summed E-state index contributed by atoms with van der Waals surface area (Å²) in [5.41, 5.74) is 3.29. The van der Waals surface area contributed by atoms with Crippen LogP contribution in [0.2, 0.25) is 0 Å². The summed E-state index contributed by atoms with van der Waals surface area (Å²) in [5.74, 6) is -1.19. The smallest absolute Gasteiger partial charge is 0.295 e. The summed E-state index contributed by atoms with van der Waals surface area (Å²) in [7, 11) is 0. The molecule has 1 N–H and O–H groups in total. The molecule has 6 rings (SSSR count). The van der Waals surface area contributed by atoms with Gasteiger partial charge in [0.25, 0.3) is 17.6 Å². The molecule has 2 aliphatic heterocycles. The van der Waals surface area contributed by atoms with Gasteiger partial charge in [0.05, 0.1) is 29.0 Å². The third-order valence-electron chi connectivity index (χ3n) is 6.26. The van der Waals surface area contributed by atoms with Gasteiger partial charge in [0.1, 0.15) is 11.4 Å². The van der Waals surface area contributed by atoms with E-state index in [1.165, 1.54) is 0 Å². The number of hydrogen-bond acceptors (Lipinski definition) is 6. The Morgan fingerprint density at radius 1 is 1.00 bits per heavy atom. The van der Waals surface area contributed by atoms with Crippen molar-refractivity contribution in [1.29, 1.82) is 0 Å². The number of piperazine rings is 1. The van der Waals surface area contributed by atoms with Crippen molar-refractivity contribution in [3.05, 3.63) is 78.0 Å². The predicted octanol–water partition coefficient (Wildman–Crippen LogP) is 2.24. The lowest BCUT2D eigenvalue weighted by Crippen LogP contribution is -2.56. The molecule has 2 aliphatic rings. The minimum atomic E-state index is -0.549. The Morgan fingerprint density at radius 2 is 1.85 bits per heavy atom. The van der Waals surface area contributed by atoms with Crippen LogP contribution in [0.3, 0.4) is 0 Å². The van der Waals surface area contributed by atoms with Gasteiger partial charge in [-0.05, 0) is 18.2 Å². The number of aromatic amines is 1. The summed E-state index contributed by atoms with van der Waals surface area (Å²) >= 11 is 0. The molecule has 1 aromatic carbocycles. The van der Waals surface area contributed by atoms with Crippen LogP contribution in [-0.4, -0.2) is 67.0 Å². The molecule has 0 radical (unpaired) electrons. The summed E-state index contributed by atoms with van der Waals surface area (Å²) in [6.07, 6.45) is 6.34. The zero-order chi connectivity index (χ0) is 22.5. The number of ketones is 1. The zero-order valence-electron chi connectivity index (χ0n) is 17.4. The molecule has 0 spiro atoms. The number of nitrogens with zero attached hydrogens (tertiary/aromatic N) is 5. The lowest BCUT2D eigenvalue weighted by molar-refractivity contribution is -0.131. The summed E-state index contributed by atoms with van der Waals surface area (Å²) in [5, 5.41) is 0.616. The average molecular weight is 438 g/mol. The standard InChI is InChI=1S/C24H18N6O3/c31-22-18-15-6-7-27-20(16-12-25-8-9-26-16)19(15)28-21(18)17-13-29(10-11-30(17)24(22)33)23(32)14-4-2-1-3-5-14/h1-9,12,17,28H,10-11,13H2/t17-/m0/s1. The van der Waals surface area contributed by atoms with Crippen molar-refractivity contribution in [3.8, 4) is 11.4 Å². The first-order chi connectivity index (χ1) is 16.1. The zero-order valence-corrected chi connectivity index (χ0v) is 17.4. The van der Waals surface area contributed by atoms with E-state index in [0.29, 0.717) is 52.2 Å². The van der Waals surface area contributed by atoms with Crippen LogP contribution >= 0.6 is 0 Å². The second kappa shape index (κ2) is 7.33. The van der Waals surface area contributed by atoms with Crippen molar-refractivity contribution in [2.45, 2.75) is 6.04 Å². The third-order valence-corrected chi connectivity index (χ3v) is 6.26. The summed E-state index contributed by atoms with van der Waals surface area (Å²) in [6, 6.07) is 10.3. The van der Waals surface area contributed by atoms with E-state index in [1.54, 1.807) is 52.8 Å². The second-order valence-corrected chi connectivity index (χ2v) is 8.05. The third kappa shape index (κ3) is 2.93. The minimum Gasteiger partial charge on any atom is -0.354 e. The van der Waals surface area contributed by atoms with Crippen LogP contribution in [0.1, 0.15) is 32.5 Å². The van der Waals surface area contributed by atoms with E-state index in [9.17, 15) is 14.4 Å². The molecule has 0 aliphatic carbocycles. The van der Waals surface area contributed by atoms with Gasteiger partial charge in [-0.25, -0.2) is 0 Å². The van der Waals surface area contributed by atoms with E-state index in [4.69, 9.17) is 0 Å². The lowest BCUT2D eigenvalue weighted by Gasteiger charge is -2.43. The number of benzene rings is 1. The molecular weight excluding hydrogens is 420 g/mol. The highest BCUT2D eigenvalue weighted by atomic mass is 16.2. The molecule has 4 aromatic rings. The summed E-state index contributed by atoms with van der Waals surface area (Å²) in [6.45, 7) is 0.948. The van der Waals surface area contributed by atoms with Gasteiger partial charge in [0, 0.05) is 49.2 Å². The van der Waals surface area contributed by atoms with Gasteiger partial charge in [-0.1, -0.05) is 18.2 Å². The molecule has 9 nitrogen and oxygen atoms in total. The molecule has 1 fully saturated rings. The highest BCUT2D eigenvalue weighted by Crippen LogP contribution is 2.39. The Balaban J connectivity index is 1.46. The summed E-state index contributed by atoms with van der Waals surface area (Å²) in [4.78, 5) is 58.7. The first-order valence-corrected chi connectivity index (χ1v) is 10.6. The van der Waals surface area contributed by atoms with Crippen LogP contribution in [0.25, 0.3) is 22.3 Å². The van der Waals surface area contributed by atoms with Crippen molar-refractivity contribution in [2.75, 3.05) is 19.6 Å². The molecule has 5 heterocycles. The van der Waals surface area contributed by atoms with Gasteiger partial charge in [-0.3, -0.25) is 29.3 Å². The largest absolute Gasteiger partial charge is 0.354 e. The van der Waals surface area contributed by atoms with Gasteiger partial charge in [-0.15, -0.1) is 0 Å². The molecule has 0 saturated carbocycles. The molecule has 9 heteroatoms. The minimum absolute atomic E-state index is 0.0980. The number of carbonyl (C=O) groups is 3. The number of nitrogens with one attached hydrogen (secondary N) is 1. The van der Waals surface area contributed by atoms with Crippen molar-refractivity contribution in [1.82, 2.24) is 29.7 Å². The van der Waals surface area contributed by atoms with Gasteiger partial charge < -0.3 is 14.8 Å². The van der Waals surface area contributed by atoms with Gasteiger partial charge in [-0.2, -0.15) is 0 Å². The molecule has 162 valence electrons. The topological polar surface area (TPSA) is 112 Å². The highest BCUT2D eigenvalue weighted by molar-refractivity contribution is 6.46. The van der Waals surface area contributed by atoms with Crippen molar-refractivity contribution in [2.24, 2.45) is 0 Å². The summed E-state index contributed by atoms with van der Waals surface area (Å²) < 4.78 is 0. The van der Waals surface area contributed by atoms with Crippen LogP contribution in [0.5, 0.6) is 0 Å². The number of Topliss-reactive ketones (excluding diaryl/α,β-unsaturated/α-hetero) is 1. The Labute approximate surface area is 188 Å². The maximum atomic E-state index is 13.1. The van der Waals surface area contributed by atoms with Crippen LogP contribution < -0.4 is 0 Å². The number of aromatic nitrogens is 4. The number of pyridine rings is 1. The molecule has 3 aromatic heterocycles. The molecule has 33 heavy (non-hydrogen) atoms. The van der Waals surface area contributed by atoms with E-state index < -0.39 is 17.7 Å². The highest BCUT2D eigenvalue weighted by Gasteiger charge is 2.44. The first-order valence-electron chi connectivity index (χ1n) is 10.6. The number of fused-ring (bicyclic) bond motifs is 5. The van der Waals surface area contributed by atoms with E-state index in [2.05, 4.69) is 19.9 Å². The van der Waals surface area contributed by atoms with Gasteiger partial charge in [0.2, 0.25) is 0 Å². The molecular formula is C24H18N6O3. The van der Waals surface area contributed by atoms with Gasteiger partial charge >= 0.3 is 0 Å². The molecule has 1 atom stereocenters. The lowest BCUT2D eigenvalue weighted by atomic mass is 9.93.